The van der Waals surface area contributed by atoms with Crippen LogP contribution in [0.25, 0.3) is 0 Å². The Morgan fingerprint density at radius 2 is 1.67 bits per heavy atom. The number of ketones is 1. The predicted octanol–water partition coefficient (Wildman–Crippen LogP) is 2.37. The Labute approximate surface area is 123 Å². The van der Waals surface area contributed by atoms with Crippen LogP contribution in [0.15, 0.2) is 54.6 Å². The van der Waals surface area contributed by atoms with Crippen LogP contribution in [0.4, 0.5) is 0 Å². The van der Waals surface area contributed by atoms with Gasteiger partial charge >= 0.3 is 0 Å². The lowest BCUT2D eigenvalue weighted by Crippen LogP contribution is -2.34. The largest absolute Gasteiger partial charge is 0.492 e. The van der Waals surface area contributed by atoms with Crippen molar-refractivity contribution in [3.05, 3.63) is 65.7 Å². The zero-order valence-electron chi connectivity index (χ0n) is 11.8. The van der Waals surface area contributed by atoms with Gasteiger partial charge in [-0.3, -0.25) is 9.59 Å². The first kappa shape index (κ1) is 14.8. The highest BCUT2D eigenvalue weighted by Gasteiger charge is 2.15. The summed E-state index contributed by atoms with van der Waals surface area (Å²) in [5.74, 6) is -0.415. The minimum atomic E-state index is -0.615. The number of nitrogens with one attached hydrogen (secondary N) is 1. The first-order chi connectivity index (χ1) is 10.2. The zero-order chi connectivity index (χ0) is 15.1. The van der Waals surface area contributed by atoms with Crippen molar-refractivity contribution in [2.24, 2.45) is 0 Å². The molecule has 0 spiro atoms. The quantitative estimate of drug-likeness (QED) is 0.503. The van der Waals surface area contributed by atoms with Gasteiger partial charge in [0.2, 0.25) is 5.78 Å². The molecule has 0 unspecified atom stereocenters. The van der Waals surface area contributed by atoms with E-state index in [1.807, 2.05) is 37.3 Å². The van der Waals surface area contributed by atoms with E-state index in [0.29, 0.717) is 12.2 Å². The molecule has 2 aromatic rings. The molecule has 0 atom stereocenters. The number of carbonyl (C=O) groups excluding carboxylic acids is 2. The van der Waals surface area contributed by atoms with Crippen molar-refractivity contribution < 1.29 is 14.3 Å². The summed E-state index contributed by atoms with van der Waals surface area (Å²) in [7, 11) is 0. The molecular formula is C17H17NO3. The molecule has 1 N–H and O–H groups in total. The van der Waals surface area contributed by atoms with Crippen LogP contribution in [0.2, 0.25) is 0 Å². The van der Waals surface area contributed by atoms with Gasteiger partial charge in [0.05, 0.1) is 6.54 Å². The molecule has 0 aromatic heterocycles. The first-order valence-corrected chi connectivity index (χ1v) is 6.74. The molecule has 2 rings (SSSR count). The van der Waals surface area contributed by atoms with Gasteiger partial charge < -0.3 is 10.1 Å². The SMILES string of the molecule is Cc1ccc(C(=O)C(=O)NCCOc2ccccc2)cc1. The van der Waals surface area contributed by atoms with E-state index >= 15 is 0 Å². The highest BCUT2D eigenvalue weighted by Crippen LogP contribution is 2.07. The lowest BCUT2D eigenvalue weighted by atomic mass is 10.1. The molecule has 0 saturated heterocycles. The summed E-state index contributed by atoms with van der Waals surface area (Å²) in [6.07, 6.45) is 0. The van der Waals surface area contributed by atoms with Crippen molar-refractivity contribution in [3.63, 3.8) is 0 Å². The van der Waals surface area contributed by atoms with Gasteiger partial charge in [0, 0.05) is 5.56 Å². The summed E-state index contributed by atoms with van der Waals surface area (Å²) >= 11 is 0. The average molecular weight is 283 g/mol. The maximum atomic E-state index is 11.9. The topological polar surface area (TPSA) is 55.4 Å². The van der Waals surface area contributed by atoms with Crippen LogP contribution in [0, 0.1) is 6.92 Å². The minimum absolute atomic E-state index is 0.283. The third-order valence-corrected chi connectivity index (χ3v) is 2.92. The number of rotatable bonds is 6. The number of amides is 1. The average Bonchev–Trinajstić information content (AvgIpc) is 2.52. The van der Waals surface area contributed by atoms with Crippen molar-refractivity contribution in [1.82, 2.24) is 5.32 Å². The second kappa shape index (κ2) is 7.24. The van der Waals surface area contributed by atoms with Crippen LogP contribution >= 0.6 is 0 Å². The second-order valence-corrected chi connectivity index (χ2v) is 4.61. The number of hydrogen-bond donors (Lipinski definition) is 1. The van der Waals surface area contributed by atoms with Gasteiger partial charge in [-0.2, -0.15) is 0 Å². The van der Waals surface area contributed by atoms with Crippen molar-refractivity contribution >= 4 is 11.7 Å². The van der Waals surface area contributed by atoms with Crippen LogP contribution in [0.3, 0.4) is 0 Å². The Morgan fingerprint density at radius 3 is 2.33 bits per heavy atom. The Morgan fingerprint density at radius 1 is 1.00 bits per heavy atom. The first-order valence-electron chi connectivity index (χ1n) is 6.74. The number of carbonyl (C=O) groups is 2. The van der Waals surface area contributed by atoms with Crippen molar-refractivity contribution in [1.29, 1.82) is 0 Å². The Kier molecular flexibility index (Phi) is 5.10. The highest BCUT2D eigenvalue weighted by molar-refractivity contribution is 6.42. The number of para-hydroxylation sites is 1. The molecule has 0 radical (unpaired) electrons. The van der Waals surface area contributed by atoms with E-state index in [1.165, 1.54) is 0 Å². The van der Waals surface area contributed by atoms with E-state index in [2.05, 4.69) is 5.32 Å². The molecule has 2 aromatic carbocycles. The summed E-state index contributed by atoms with van der Waals surface area (Å²) in [6.45, 7) is 2.53. The Hall–Kier alpha value is -2.62. The van der Waals surface area contributed by atoms with E-state index in [4.69, 9.17) is 4.74 Å². The summed E-state index contributed by atoms with van der Waals surface area (Å²) in [6, 6.07) is 16.2. The fourth-order valence-corrected chi connectivity index (χ4v) is 1.77. The number of aryl methyl sites for hydroxylation is 1. The van der Waals surface area contributed by atoms with Gasteiger partial charge in [0.15, 0.2) is 0 Å². The lowest BCUT2D eigenvalue weighted by molar-refractivity contribution is -0.117. The molecule has 0 bridgehead atoms. The molecule has 108 valence electrons. The molecule has 4 heteroatoms. The van der Waals surface area contributed by atoms with Crippen LogP contribution in [0.5, 0.6) is 5.75 Å². The maximum absolute atomic E-state index is 11.9. The molecule has 4 nitrogen and oxygen atoms in total. The summed E-state index contributed by atoms with van der Waals surface area (Å²) in [4.78, 5) is 23.6. The molecule has 21 heavy (non-hydrogen) atoms. The van der Waals surface area contributed by atoms with E-state index in [0.717, 1.165) is 11.3 Å². The van der Waals surface area contributed by atoms with Crippen LogP contribution in [-0.4, -0.2) is 24.8 Å². The van der Waals surface area contributed by atoms with Crippen molar-refractivity contribution in [2.45, 2.75) is 6.92 Å². The molecule has 1 amide bonds. The third-order valence-electron chi connectivity index (χ3n) is 2.92. The number of Topliss-reactive ketones (excluding diaryl/α,β-unsaturated/α-hetero) is 1. The monoisotopic (exact) mass is 283 g/mol. The molecule has 0 saturated carbocycles. The van der Waals surface area contributed by atoms with E-state index < -0.39 is 11.7 Å². The van der Waals surface area contributed by atoms with E-state index in [-0.39, 0.29) is 6.54 Å². The normalized spacial score (nSPS) is 9.95. The van der Waals surface area contributed by atoms with Gasteiger partial charge in [-0.15, -0.1) is 0 Å². The van der Waals surface area contributed by atoms with Gasteiger partial charge in [-0.1, -0.05) is 48.0 Å². The summed E-state index contributed by atoms with van der Waals surface area (Å²) in [5.41, 5.74) is 1.44. The van der Waals surface area contributed by atoms with Crippen LogP contribution in [-0.2, 0) is 4.79 Å². The van der Waals surface area contributed by atoms with Gasteiger partial charge in [-0.05, 0) is 19.1 Å². The fourth-order valence-electron chi connectivity index (χ4n) is 1.77. The van der Waals surface area contributed by atoms with Crippen molar-refractivity contribution in [2.75, 3.05) is 13.2 Å². The fraction of sp³-hybridized carbons (Fsp3) is 0.176. The third kappa shape index (κ3) is 4.45. The van der Waals surface area contributed by atoms with Crippen LogP contribution in [0.1, 0.15) is 15.9 Å². The van der Waals surface area contributed by atoms with Crippen LogP contribution < -0.4 is 10.1 Å². The van der Waals surface area contributed by atoms with Gasteiger partial charge in [0.25, 0.3) is 5.91 Å². The van der Waals surface area contributed by atoms with E-state index in [9.17, 15) is 9.59 Å². The molecule has 0 fully saturated rings. The van der Waals surface area contributed by atoms with Gasteiger partial charge in [0.1, 0.15) is 12.4 Å². The molecule has 0 aliphatic rings. The van der Waals surface area contributed by atoms with Gasteiger partial charge in [-0.25, -0.2) is 0 Å². The lowest BCUT2D eigenvalue weighted by Gasteiger charge is -2.07. The smallest absolute Gasteiger partial charge is 0.292 e. The van der Waals surface area contributed by atoms with E-state index in [1.54, 1.807) is 24.3 Å². The molecule has 0 heterocycles. The zero-order valence-corrected chi connectivity index (χ0v) is 11.8. The Bertz CT molecular complexity index is 606. The predicted molar refractivity (Wildman–Crippen MR) is 80.5 cm³/mol. The second-order valence-electron chi connectivity index (χ2n) is 4.61. The molecule has 0 aliphatic carbocycles. The minimum Gasteiger partial charge on any atom is -0.492 e. The number of ether oxygens (including phenoxy) is 1. The number of benzene rings is 2. The summed E-state index contributed by atoms with van der Waals surface area (Å²) < 4.78 is 5.43. The summed E-state index contributed by atoms with van der Waals surface area (Å²) in [5, 5.41) is 2.55. The number of hydrogen-bond acceptors (Lipinski definition) is 3. The molecular weight excluding hydrogens is 266 g/mol. The maximum Gasteiger partial charge on any atom is 0.292 e. The standard InChI is InChI=1S/C17H17NO3/c1-13-7-9-14(10-8-13)16(19)17(20)18-11-12-21-15-5-3-2-4-6-15/h2-10H,11-12H2,1H3,(H,18,20). The Balaban J connectivity index is 1.76. The van der Waals surface area contributed by atoms with Crippen molar-refractivity contribution in [3.8, 4) is 5.75 Å². The molecule has 0 aliphatic heterocycles. The highest BCUT2D eigenvalue weighted by atomic mass is 16.5.